The first-order valence-electron chi connectivity index (χ1n) is 7.10. The van der Waals surface area contributed by atoms with E-state index in [1.807, 2.05) is 0 Å². The number of carbonyl (C=O) groups excluding carboxylic acids is 1. The topological polar surface area (TPSA) is 60.0 Å². The van der Waals surface area contributed by atoms with Crippen molar-refractivity contribution in [2.75, 3.05) is 46.3 Å². The summed E-state index contributed by atoms with van der Waals surface area (Å²) in [4.78, 5) is 13.4. The average molecular weight is 348 g/mol. The van der Waals surface area contributed by atoms with Crippen LogP contribution in [0.25, 0.3) is 0 Å². The zero-order valence-electron chi connectivity index (χ0n) is 13.6. The third-order valence-corrected chi connectivity index (χ3v) is 3.87. The van der Waals surface area contributed by atoms with E-state index in [1.54, 1.807) is 18.2 Å². The lowest BCUT2D eigenvalue weighted by Crippen LogP contribution is -2.70. The third-order valence-electron chi connectivity index (χ3n) is 3.87. The average Bonchev–Trinajstić information content (AvgIpc) is 2.48. The van der Waals surface area contributed by atoms with E-state index >= 15 is 0 Å². The van der Waals surface area contributed by atoms with Gasteiger partial charge in [-0.15, -0.1) is 0 Å². The first-order valence-corrected chi connectivity index (χ1v) is 7.10. The predicted octanol–water partition coefficient (Wildman–Crippen LogP) is 1.91. The number of benzene rings is 1. The van der Waals surface area contributed by atoms with Crippen molar-refractivity contribution in [1.82, 2.24) is 4.90 Å². The molecule has 1 N–H and O–H groups in total. The smallest absolute Gasteiger partial charge is 0.419 e. The fourth-order valence-electron chi connectivity index (χ4n) is 2.50. The Bertz CT molecular complexity index is 579. The molecule has 1 aromatic rings. The van der Waals surface area contributed by atoms with Crippen LogP contribution in [0.15, 0.2) is 18.2 Å². The number of rotatable bonds is 6. The zero-order valence-corrected chi connectivity index (χ0v) is 13.6. The number of anilines is 1. The van der Waals surface area contributed by atoms with Gasteiger partial charge in [0.2, 0.25) is 5.91 Å². The number of hydrogen-bond donors (Lipinski definition) is 1. The molecule has 24 heavy (non-hydrogen) atoms. The molecular weight excluding hydrogens is 329 g/mol. The Kier molecular flexibility index (Phi) is 5.24. The van der Waals surface area contributed by atoms with Crippen LogP contribution in [0.3, 0.4) is 0 Å². The summed E-state index contributed by atoms with van der Waals surface area (Å²) in [5, 5.41) is 2.61. The van der Waals surface area contributed by atoms with E-state index in [2.05, 4.69) is 10.1 Å². The molecule has 1 aromatic carbocycles. The maximum Gasteiger partial charge on any atom is 0.419 e. The highest BCUT2D eigenvalue weighted by molar-refractivity contribution is 5.92. The quantitative estimate of drug-likeness (QED) is 0.851. The van der Waals surface area contributed by atoms with Gasteiger partial charge in [-0.25, -0.2) is 0 Å². The van der Waals surface area contributed by atoms with E-state index in [4.69, 9.17) is 9.47 Å². The molecule has 1 heterocycles. The molecule has 1 aliphatic heterocycles. The molecule has 1 saturated heterocycles. The van der Waals surface area contributed by atoms with Crippen LogP contribution in [0.1, 0.15) is 0 Å². The number of hydrogen-bond acceptors (Lipinski definition) is 5. The van der Waals surface area contributed by atoms with Gasteiger partial charge in [-0.3, -0.25) is 9.69 Å². The van der Waals surface area contributed by atoms with Gasteiger partial charge in [-0.1, -0.05) is 0 Å². The molecule has 1 amide bonds. The van der Waals surface area contributed by atoms with E-state index in [1.165, 1.54) is 19.1 Å². The minimum absolute atomic E-state index is 0.166. The van der Waals surface area contributed by atoms with Crippen molar-refractivity contribution in [3.05, 3.63) is 18.2 Å². The fourth-order valence-corrected chi connectivity index (χ4v) is 2.50. The molecule has 0 aliphatic carbocycles. The Morgan fingerprint density at radius 3 is 2.12 bits per heavy atom. The highest BCUT2D eigenvalue weighted by Crippen LogP contribution is 2.40. The fraction of sp³-hybridized carbons (Fsp3) is 0.533. The van der Waals surface area contributed by atoms with Gasteiger partial charge >= 0.3 is 6.18 Å². The summed E-state index contributed by atoms with van der Waals surface area (Å²) in [5.74, 6) is 0.547. The van der Waals surface area contributed by atoms with Crippen molar-refractivity contribution in [3.63, 3.8) is 0 Å². The van der Waals surface area contributed by atoms with Gasteiger partial charge in [0.15, 0.2) is 5.60 Å². The second-order valence-electron chi connectivity index (χ2n) is 5.49. The molecule has 2 rings (SSSR count). The second-order valence-corrected chi connectivity index (χ2v) is 5.49. The van der Waals surface area contributed by atoms with Crippen molar-refractivity contribution in [2.45, 2.75) is 11.8 Å². The molecule has 1 fully saturated rings. The molecule has 0 spiro atoms. The van der Waals surface area contributed by atoms with E-state index < -0.39 is 17.7 Å². The Morgan fingerprint density at radius 1 is 1.17 bits per heavy atom. The van der Waals surface area contributed by atoms with Gasteiger partial charge in [0.1, 0.15) is 11.5 Å². The summed E-state index contributed by atoms with van der Waals surface area (Å²) in [6, 6.07) is 4.82. The van der Waals surface area contributed by atoms with Crippen molar-refractivity contribution in [3.8, 4) is 11.5 Å². The van der Waals surface area contributed by atoms with Crippen molar-refractivity contribution < 1.29 is 32.2 Å². The number of amides is 1. The highest BCUT2D eigenvalue weighted by Gasteiger charge is 2.62. The van der Waals surface area contributed by atoms with Crippen LogP contribution in [0.5, 0.6) is 11.5 Å². The molecule has 0 saturated carbocycles. The number of methoxy groups -OCH3 is 3. The van der Waals surface area contributed by atoms with Crippen molar-refractivity contribution >= 4 is 11.6 Å². The Hall–Kier alpha value is -2.00. The minimum Gasteiger partial charge on any atom is -0.497 e. The SMILES string of the molecule is COc1cc(NC(=O)CN2CC(OC)(C(F)(F)F)C2)cc(OC)c1. The third kappa shape index (κ3) is 3.73. The van der Waals surface area contributed by atoms with E-state index in [0.29, 0.717) is 17.2 Å². The Labute approximate surface area is 137 Å². The van der Waals surface area contributed by atoms with Gasteiger partial charge in [-0.2, -0.15) is 13.2 Å². The number of ether oxygens (including phenoxy) is 3. The summed E-state index contributed by atoms with van der Waals surface area (Å²) >= 11 is 0. The van der Waals surface area contributed by atoms with Crippen molar-refractivity contribution in [1.29, 1.82) is 0 Å². The van der Waals surface area contributed by atoms with Gasteiger partial charge in [-0.05, 0) is 0 Å². The van der Waals surface area contributed by atoms with Crippen LogP contribution in [0.4, 0.5) is 18.9 Å². The molecule has 134 valence electrons. The van der Waals surface area contributed by atoms with Crippen LogP contribution in [0, 0.1) is 0 Å². The molecule has 9 heteroatoms. The first kappa shape index (κ1) is 18.3. The summed E-state index contributed by atoms with van der Waals surface area (Å²) in [6.45, 7) is -0.912. The van der Waals surface area contributed by atoms with Crippen LogP contribution >= 0.6 is 0 Å². The highest BCUT2D eigenvalue weighted by atomic mass is 19.4. The summed E-state index contributed by atoms with van der Waals surface area (Å²) in [6.07, 6.45) is -4.46. The summed E-state index contributed by atoms with van der Waals surface area (Å²) in [5.41, 5.74) is -1.75. The van der Waals surface area contributed by atoms with Gasteiger partial charge < -0.3 is 19.5 Å². The molecular formula is C15H19F3N2O4. The summed E-state index contributed by atoms with van der Waals surface area (Å²) in [7, 11) is 3.97. The lowest BCUT2D eigenvalue weighted by Gasteiger charge is -2.49. The lowest BCUT2D eigenvalue weighted by atomic mass is 9.93. The number of halogens is 3. The molecule has 0 bridgehead atoms. The predicted molar refractivity (Wildman–Crippen MR) is 80.4 cm³/mol. The number of nitrogens with one attached hydrogen (secondary N) is 1. The van der Waals surface area contributed by atoms with E-state index in [0.717, 1.165) is 7.11 Å². The zero-order chi connectivity index (χ0) is 18.0. The second kappa shape index (κ2) is 6.86. The first-order chi connectivity index (χ1) is 11.2. The molecule has 0 unspecified atom stereocenters. The number of alkyl halides is 3. The van der Waals surface area contributed by atoms with Crippen molar-refractivity contribution in [2.24, 2.45) is 0 Å². The van der Waals surface area contributed by atoms with Gasteiger partial charge in [0.05, 0.1) is 20.8 Å². The molecule has 0 radical (unpaired) electrons. The lowest BCUT2D eigenvalue weighted by molar-refractivity contribution is -0.309. The van der Waals surface area contributed by atoms with Crippen LogP contribution in [-0.2, 0) is 9.53 Å². The number of likely N-dealkylation sites (tertiary alicyclic amines) is 1. The number of carbonyl (C=O) groups is 1. The van der Waals surface area contributed by atoms with E-state index in [9.17, 15) is 18.0 Å². The van der Waals surface area contributed by atoms with E-state index in [-0.39, 0.29) is 19.6 Å². The maximum absolute atomic E-state index is 12.9. The monoisotopic (exact) mass is 348 g/mol. The largest absolute Gasteiger partial charge is 0.497 e. The van der Waals surface area contributed by atoms with Gasteiger partial charge in [0, 0.05) is 44.1 Å². The minimum atomic E-state index is -4.46. The number of nitrogens with zero attached hydrogens (tertiary/aromatic N) is 1. The molecule has 0 aromatic heterocycles. The molecule has 6 nitrogen and oxygen atoms in total. The Balaban J connectivity index is 1.94. The van der Waals surface area contributed by atoms with Crippen LogP contribution < -0.4 is 14.8 Å². The normalized spacial score (nSPS) is 17.1. The standard InChI is InChI=1S/C15H19F3N2O4/c1-22-11-4-10(5-12(6-11)23-2)19-13(21)7-20-8-14(9-20,24-3)15(16,17)18/h4-6H,7-9H2,1-3H3,(H,19,21). The molecule has 1 aliphatic rings. The summed E-state index contributed by atoms with van der Waals surface area (Å²) < 4.78 is 53.5. The Morgan fingerprint density at radius 2 is 1.71 bits per heavy atom. The van der Waals surface area contributed by atoms with Gasteiger partial charge in [0.25, 0.3) is 0 Å². The van der Waals surface area contributed by atoms with Crippen LogP contribution in [0.2, 0.25) is 0 Å². The van der Waals surface area contributed by atoms with Crippen LogP contribution in [-0.4, -0.2) is 63.5 Å². The maximum atomic E-state index is 12.9. The molecule has 0 atom stereocenters.